The third-order valence-electron chi connectivity index (χ3n) is 5.17. The van der Waals surface area contributed by atoms with Crippen molar-refractivity contribution in [1.82, 2.24) is 9.78 Å². The summed E-state index contributed by atoms with van der Waals surface area (Å²) in [6.07, 6.45) is 0. The maximum Gasteiger partial charge on any atom is 0.291 e. The number of amides is 1. The molecule has 0 saturated heterocycles. The van der Waals surface area contributed by atoms with E-state index in [1.807, 2.05) is 32.0 Å². The maximum absolute atomic E-state index is 13.2. The molecular formula is C25H24FN3O4. The molecule has 0 radical (unpaired) electrons. The van der Waals surface area contributed by atoms with Gasteiger partial charge in [-0.3, -0.25) is 9.48 Å². The molecule has 33 heavy (non-hydrogen) atoms. The van der Waals surface area contributed by atoms with Crippen LogP contribution in [0.1, 0.15) is 33.3 Å². The SMILES string of the molecule is COc1cccc(OCc2ccc(C(=O)Nc3c(C)nn(Cc4ccc(F)cc4)c3C)o2)c1. The number of benzene rings is 2. The number of nitrogens with zero attached hydrogens (tertiary/aromatic N) is 2. The van der Waals surface area contributed by atoms with Crippen LogP contribution in [0, 0.1) is 19.7 Å². The maximum atomic E-state index is 13.2. The predicted octanol–water partition coefficient (Wildman–Crippen LogP) is 5.12. The second kappa shape index (κ2) is 9.60. The average molecular weight is 449 g/mol. The Morgan fingerprint density at radius 1 is 1.09 bits per heavy atom. The van der Waals surface area contributed by atoms with E-state index >= 15 is 0 Å². The number of rotatable bonds is 8. The fourth-order valence-corrected chi connectivity index (χ4v) is 3.39. The number of nitrogens with one attached hydrogen (secondary N) is 1. The third kappa shape index (κ3) is 5.23. The van der Waals surface area contributed by atoms with Crippen LogP contribution in [0.25, 0.3) is 0 Å². The Morgan fingerprint density at radius 2 is 1.85 bits per heavy atom. The first-order chi connectivity index (χ1) is 15.9. The van der Waals surface area contributed by atoms with Crippen LogP contribution in [0.5, 0.6) is 11.5 Å². The molecule has 1 amide bonds. The lowest BCUT2D eigenvalue weighted by Crippen LogP contribution is -2.12. The summed E-state index contributed by atoms with van der Waals surface area (Å²) in [5.74, 6) is 1.35. The van der Waals surface area contributed by atoms with Crippen molar-refractivity contribution in [1.29, 1.82) is 0 Å². The molecule has 0 fully saturated rings. The number of anilines is 1. The fraction of sp³-hybridized carbons (Fsp3) is 0.200. The van der Waals surface area contributed by atoms with E-state index in [2.05, 4.69) is 10.4 Å². The van der Waals surface area contributed by atoms with Crippen LogP contribution >= 0.6 is 0 Å². The zero-order valence-corrected chi connectivity index (χ0v) is 18.6. The molecule has 2 aromatic carbocycles. The summed E-state index contributed by atoms with van der Waals surface area (Å²) in [6.45, 7) is 4.33. The van der Waals surface area contributed by atoms with E-state index in [0.29, 0.717) is 35.2 Å². The summed E-state index contributed by atoms with van der Waals surface area (Å²) in [7, 11) is 1.59. The number of aryl methyl sites for hydroxylation is 1. The zero-order chi connectivity index (χ0) is 23.4. The number of methoxy groups -OCH3 is 1. The Labute approximate surface area is 190 Å². The van der Waals surface area contributed by atoms with Crippen molar-refractivity contribution in [3.63, 3.8) is 0 Å². The number of halogens is 1. The molecule has 170 valence electrons. The average Bonchev–Trinajstić information content (AvgIpc) is 3.40. The molecule has 0 atom stereocenters. The lowest BCUT2D eigenvalue weighted by molar-refractivity contribution is 0.0992. The number of hydrogen-bond donors (Lipinski definition) is 1. The molecule has 8 heteroatoms. The summed E-state index contributed by atoms with van der Waals surface area (Å²) >= 11 is 0. The van der Waals surface area contributed by atoms with Crippen LogP contribution in [0.2, 0.25) is 0 Å². The third-order valence-corrected chi connectivity index (χ3v) is 5.17. The van der Waals surface area contributed by atoms with Crippen LogP contribution in [-0.4, -0.2) is 22.8 Å². The Morgan fingerprint density at radius 3 is 2.61 bits per heavy atom. The topological polar surface area (TPSA) is 78.5 Å². The molecule has 4 rings (SSSR count). The minimum Gasteiger partial charge on any atom is -0.497 e. The number of aromatic nitrogens is 2. The van der Waals surface area contributed by atoms with Crippen LogP contribution in [0.4, 0.5) is 10.1 Å². The van der Waals surface area contributed by atoms with Gasteiger partial charge < -0.3 is 19.2 Å². The molecule has 0 aliphatic rings. The highest BCUT2D eigenvalue weighted by Gasteiger charge is 2.18. The summed E-state index contributed by atoms with van der Waals surface area (Å²) in [5, 5.41) is 7.38. The molecule has 0 saturated carbocycles. The summed E-state index contributed by atoms with van der Waals surface area (Å²) in [4.78, 5) is 12.8. The molecule has 0 aliphatic heterocycles. The Bertz CT molecular complexity index is 1260. The first kappa shape index (κ1) is 22.1. The van der Waals surface area contributed by atoms with Crippen molar-refractivity contribution in [3.05, 3.63) is 95.0 Å². The van der Waals surface area contributed by atoms with E-state index in [0.717, 1.165) is 11.3 Å². The van der Waals surface area contributed by atoms with Gasteiger partial charge in [-0.1, -0.05) is 18.2 Å². The molecule has 0 spiro atoms. The van der Waals surface area contributed by atoms with Crippen LogP contribution < -0.4 is 14.8 Å². The van der Waals surface area contributed by atoms with E-state index in [1.165, 1.54) is 12.1 Å². The van der Waals surface area contributed by atoms with Gasteiger partial charge in [-0.15, -0.1) is 0 Å². The first-order valence-corrected chi connectivity index (χ1v) is 10.4. The molecule has 1 N–H and O–H groups in total. The summed E-state index contributed by atoms with van der Waals surface area (Å²) in [5.41, 5.74) is 2.99. The van der Waals surface area contributed by atoms with E-state index in [4.69, 9.17) is 13.9 Å². The highest BCUT2D eigenvalue weighted by molar-refractivity contribution is 6.02. The number of carbonyl (C=O) groups is 1. The zero-order valence-electron chi connectivity index (χ0n) is 18.6. The van der Waals surface area contributed by atoms with Gasteiger partial charge in [-0.25, -0.2) is 4.39 Å². The lowest BCUT2D eigenvalue weighted by Gasteiger charge is -2.07. The number of hydrogen-bond acceptors (Lipinski definition) is 5. The van der Waals surface area contributed by atoms with Gasteiger partial charge in [0.25, 0.3) is 5.91 Å². The first-order valence-electron chi connectivity index (χ1n) is 10.4. The lowest BCUT2D eigenvalue weighted by atomic mass is 10.2. The highest BCUT2D eigenvalue weighted by atomic mass is 19.1. The second-order valence-electron chi connectivity index (χ2n) is 7.52. The van der Waals surface area contributed by atoms with Crippen LogP contribution in [0.15, 0.2) is 65.1 Å². The van der Waals surface area contributed by atoms with Gasteiger partial charge >= 0.3 is 0 Å². The van der Waals surface area contributed by atoms with Crippen molar-refractivity contribution in [2.75, 3.05) is 12.4 Å². The minimum absolute atomic E-state index is 0.171. The Kier molecular flexibility index (Phi) is 6.44. The molecule has 0 unspecified atom stereocenters. The quantitative estimate of drug-likeness (QED) is 0.404. The standard InChI is InChI=1S/C25H24FN3O4/c1-16-24(17(2)29(28-16)14-18-7-9-19(26)10-8-18)27-25(30)23-12-11-22(33-23)15-32-21-6-4-5-20(13-21)31-3/h4-13H,14-15H2,1-3H3,(H,27,30). The van der Waals surface area contributed by atoms with Crippen LogP contribution in [-0.2, 0) is 13.2 Å². The van der Waals surface area contributed by atoms with Crippen molar-refractivity contribution in [3.8, 4) is 11.5 Å². The molecule has 2 aromatic heterocycles. The van der Waals surface area contributed by atoms with Gasteiger partial charge in [0, 0.05) is 6.07 Å². The van der Waals surface area contributed by atoms with Crippen LogP contribution in [0.3, 0.4) is 0 Å². The van der Waals surface area contributed by atoms with Gasteiger partial charge in [0.1, 0.15) is 29.7 Å². The summed E-state index contributed by atoms with van der Waals surface area (Å²) in [6, 6.07) is 16.8. The van der Waals surface area contributed by atoms with Gasteiger partial charge in [-0.2, -0.15) is 5.10 Å². The van der Waals surface area contributed by atoms with Gasteiger partial charge in [0.15, 0.2) is 5.76 Å². The Balaban J connectivity index is 1.40. The second-order valence-corrected chi connectivity index (χ2v) is 7.52. The number of ether oxygens (including phenoxy) is 2. The van der Waals surface area contributed by atoms with Gasteiger partial charge in [-0.05, 0) is 55.8 Å². The summed E-state index contributed by atoms with van der Waals surface area (Å²) < 4.78 is 31.5. The van der Waals surface area contributed by atoms with E-state index in [1.54, 1.807) is 42.1 Å². The molecule has 7 nitrogen and oxygen atoms in total. The molecule has 0 aliphatic carbocycles. The molecular weight excluding hydrogens is 425 g/mol. The normalized spacial score (nSPS) is 10.8. The molecule has 2 heterocycles. The van der Waals surface area contributed by atoms with Crippen molar-refractivity contribution in [2.24, 2.45) is 0 Å². The predicted molar refractivity (Wildman–Crippen MR) is 121 cm³/mol. The number of furan rings is 1. The van der Waals surface area contributed by atoms with E-state index in [9.17, 15) is 9.18 Å². The van der Waals surface area contributed by atoms with E-state index in [-0.39, 0.29) is 24.1 Å². The van der Waals surface area contributed by atoms with Gasteiger partial charge in [0.05, 0.1) is 30.7 Å². The monoisotopic (exact) mass is 449 g/mol. The Hall–Kier alpha value is -4.07. The fourth-order valence-electron chi connectivity index (χ4n) is 3.39. The van der Waals surface area contributed by atoms with Crippen molar-refractivity contribution >= 4 is 11.6 Å². The van der Waals surface area contributed by atoms with Crippen molar-refractivity contribution in [2.45, 2.75) is 27.0 Å². The minimum atomic E-state index is -0.379. The molecule has 0 bridgehead atoms. The van der Waals surface area contributed by atoms with Crippen molar-refractivity contribution < 1.29 is 23.1 Å². The van der Waals surface area contributed by atoms with Gasteiger partial charge in [0.2, 0.25) is 0 Å². The molecule has 4 aromatic rings. The highest BCUT2D eigenvalue weighted by Crippen LogP contribution is 2.23. The smallest absolute Gasteiger partial charge is 0.291 e. The largest absolute Gasteiger partial charge is 0.497 e. The van der Waals surface area contributed by atoms with E-state index < -0.39 is 0 Å². The number of carbonyl (C=O) groups excluding carboxylic acids is 1.